The van der Waals surface area contributed by atoms with Crippen LogP contribution in [0.15, 0.2) is 23.1 Å². The van der Waals surface area contributed by atoms with Crippen molar-refractivity contribution in [3.63, 3.8) is 0 Å². The third-order valence-electron chi connectivity index (χ3n) is 4.54. The van der Waals surface area contributed by atoms with E-state index in [1.54, 1.807) is 6.92 Å². The molecule has 0 aliphatic carbocycles. The molecule has 8 heteroatoms. The van der Waals surface area contributed by atoms with E-state index in [1.165, 1.54) is 31.4 Å². The molecular formula is C16H25N3O4S. The molecule has 0 amide bonds. The summed E-state index contributed by atoms with van der Waals surface area (Å²) in [7, 11) is -3.72. The molecule has 1 aromatic carbocycles. The molecule has 0 bridgehead atoms. The molecule has 1 aliphatic heterocycles. The van der Waals surface area contributed by atoms with Crippen molar-refractivity contribution >= 4 is 15.7 Å². The van der Waals surface area contributed by atoms with Crippen LogP contribution in [0.5, 0.6) is 0 Å². The molecule has 1 atom stereocenters. The van der Waals surface area contributed by atoms with E-state index in [4.69, 9.17) is 0 Å². The summed E-state index contributed by atoms with van der Waals surface area (Å²) in [6, 6.07) is 4.53. The molecule has 7 nitrogen and oxygen atoms in total. The molecule has 2 rings (SSSR count). The highest BCUT2D eigenvalue weighted by Gasteiger charge is 2.20. The van der Waals surface area contributed by atoms with E-state index in [2.05, 4.69) is 16.5 Å². The van der Waals surface area contributed by atoms with Gasteiger partial charge in [-0.2, -0.15) is 0 Å². The van der Waals surface area contributed by atoms with E-state index in [1.807, 2.05) is 0 Å². The molecule has 0 radical (unpaired) electrons. The van der Waals surface area contributed by atoms with E-state index in [9.17, 15) is 18.5 Å². The highest BCUT2D eigenvalue weighted by Crippen LogP contribution is 2.22. The summed E-state index contributed by atoms with van der Waals surface area (Å²) < 4.78 is 27.1. The molecule has 0 spiro atoms. The summed E-state index contributed by atoms with van der Waals surface area (Å²) in [5, 5.41) is 11.0. The van der Waals surface area contributed by atoms with Gasteiger partial charge in [0.05, 0.1) is 9.82 Å². The monoisotopic (exact) mass is 355 g/mol. The van der Waals surface area contributed by atoms with E-state index in [0.29, 0.717) is 18.2 Å². The number of nitro groups is 1. The van der Waals surface area contributed by atoms with Crippen molar-refractivity contribution < 1.29 is 13.3 Å². The van der Waals surface area contributed by atoms with Crippen LogP contribution in [0.3, 0.4) is 0 Å². The van der Waals surface area contributed by atoms with Crippen molar-refractivity contribution in [3.8, 4) is 0 Å². The van der Waals surface area contributed by atoms with Gasteiger partial charge in [-0.3, -0.25) is 10.1 Å². The Morgan fingerprint density at radius 2 is 2.12 bits per heavy atom. The van der Waals surface area contributed by atoms with Crippen molar-refractivity contribution in [1.29, 1.82) is 0 Å². The van der Waals surface area contributed by atoms with Gasteiger partial charge in [0, 0.05) is 24.2 Å². The topological polar surface area (TPSA) is 92.6 Å². The van der Waals surface area contributed by atoms with Crippen LogP contribution in [0.2, 0.25) is 0 Å². The largest absolute Gasteiger partial charge is 0.301 e. The SMILES string of the molecule is Cc1ccc(S(=O)(=O)NCCCN2CCCCC2C)cc1[N+](=O)[O-]. The van der Waals surface area contributed by atoms with Crippen LogP contribution in [-0.2, 0) is 10.0 Å². The maximum absolute atomic E-state index is 12.3. The van der Waals surface area contributed by atoms with Gasteiger partial charge in [0.25, 0.3) is 5.69 Å². The van der Waals surface area contributed by atoms with Crippen LogP contribution in [0.25, 0.3) is 0 Å². The number of sulfonamides is 1. The molecular weight excluding hydrogens is 330 g/mol. The number of piperidine rings is 1. The van der Waals surface area contributed by atoms with Crippen LogP contribution in [0, 0.1) is 17.0 Å². The second kappa shape index (κ2) is 8.04. The van der Waals surface area contributed by atoms with Gasteiger partial charge in [0.15, 0.2) is 0 Å². The van der Waals surface area contributed by atoms with E-state index < -0.39 is 14.9 Å². The molecule has 1 heterocycles. The Hall–Kier alpha value is -1.51. The Labute approximate surface area is 143 Å². The quantitative estimate of drug-likeness (QED) is 0.461. The van der Waals surface area contributed by atoms with Crippen molar-refractivity contribution in [1.82, 2.24) is 9.62 Å². The smallest absolute Gasteiger partial charge is 0.273 e. The fourth-order valence-electron chi connectivity index (χ4n) is 3.01. The van der Waals surface area contributed by atoms with Gasteiger partial charge in [-0.05, 0) is 52.3 Å². The molecule has 1 aromatic rings. The van der Waals surface area contributed by atoms with Gasteiger partial charge in [-0.15, -0.1) is 0 Å². The maximum Gasteiger partial charge on any atom is 0.273 e. The standard InChI is InChI=1S/C16H25N3O4S/c1-13-7-8-15(12-16(13)19(20)21)24(22,23)17-9-5-11-18-10-4-3-6-14(18)2/h7-8,12,14,17H,3-6,9-11H2,1-2H3. The zero-order valence-corrected chi connectivity index (χ0v) is 15.0. The normalized spacial score (nSPS) is 19.3. The molecule has 1 unspecified atom stereocenters. The van der Waals surface area contributed by atoms with Gasteiger partial charge in [-0.1, -0.05) is 12.5 Å². The van der Waals surface area contributed by atoms with Crippen molar-refractivity contribution in [2.24, 2.45) is 0 Å². The van der Waals surface area contributed by atoms with Crippen LogP contribution in [-0.4, -0.2) is 43.9 Å². The van der Waals surface area contributed by atoms with Gasteiger partial charge < -0.3 is 4.90 Å². The van der Waals surface area contributed by atoms with E-state index in [0.717, 1.165) is 25.6 Å². The average Bonchev–Trinajstić information content (AvgIpc) is 2.53. The maximum atomic E-state index is 12.3. The summed E-state index contributed by atoms with van der Waals surface area (Å²) in [5.41, 5.74) is 0.262. The van der Waals surface area contributed by atoms with Crippen LogP contribution >= 0.6 is 0 Å². The zero-order valence-electron chi connectivity index (χ0n) is 14.2. The third kappa shape index (κ3) is 4.75. The predicted molar refractivity (Wildman–Crippen MR) is 92.5 cm³/mol. The molecule has 1 saturated heterocycles. The van der Waals surface area contributed by atoms with Gasteiger partial charge in [0.2, 0.25) is 10.0 Å². The molecule has 134 valence electrons. The Bertz CT molecular complexity index is 691. The van der Waals surface area contributed by atoms with Gasteiger partial charge in [0.1, 0.15) is 0 Å². The molecule has 0 aromatic heterocycles. The van der Waals surface area contributed by atoms with Crippen molar-refractivity contribution in [2.45, 2.75) is 50.5 Å². The minimum absolute atomic E-state index is 0.0638. The summed E-state index contributed by atoms with van der Waals surface area (Å²) in [6.07, 6.45) is 4.37. The van der Waals surface area contributed by atoms with Crippen LogP contribution in [0.1, 0.15) is 38.2 Å². The summed E-state index contributed by atoms with van der Waals surface area (Å²) in [4.78, 5) is 12.7. The van der Waals surface area contributed by atoms with Gasteiger partial charge in [-0.25, -0.2) is 13.1 Å². The molecule has 1 fully saturated rings. The molecule has 1 aliphatic rings. The summed E-state index contributed by atoms with van der Waals surface area (Å²) in [5.74, 6) is 0. The minimum Gasteiger partial charge on any atom is -0.301 e. The van der Waals surface area contributed by atoms with Crippen LogP contribution < -0.4 is 4.72 Å². The Morgan fingerprint density at radius 1 is 1.38 bits per heavy atom. The Balaban J connectivity index is 1.91. The average molecular weight is 355 g/mol. The molecule has 1 N–H and O–H groups in total. The first-order valence-corrected chi connectivity index (χ1v) is 9.78. The first kappa shape index (κ1) is 18.8. The lowest BCUT2D eigenvalue weighted by Crippen LogP contribution is -2.39. The number of nitro benzene ring substituents is 1. The predicted octanol–water partition coefficient (Wildman–Crippen LogP) is 2.45. The Morgan fingerprint density at radius 3 is 2.79 bits per heavy atom. The molecule has 0 saturated carbocycles. The Kier molecular flexibility index (Phi) is 6.31. The van der Waals surface area contributed by atoms with Crippen LogP contribution in [0.4, 0.5) is 5.69 Å². The first-order valence-electron chi connectivity index (χ1n) is 8.30. The number of aryl methyl sites for hydroxylation is 1. The van der Waals surface area contributed by atoms with Crippen molar-refractivity contribution in [3.05, 3.63) is 33.9 Å². The summed E-state index contributed by atoms with van der Waals surface area (Å²) in [6.45, 7) is 6.04. The van der Waals surface area contributed by atoms with E-state index in [-0.39, 0.29) is 10.6 Å². The minimum atomic E-state index is -3.72. The highest BCUT2D eigenvalue weighted by molar-refractivity contribution is 7.89. The number of hydrogen-bond acceptors (Lipinski definition) is 5. The number of hydrogen-bond donors (Lipinski definition) is 1. The first-order chi connectivity index (χ1) is 11.3. The van der Waals surface area contributed by atoms with E-state index >= 15 is 0 Å². The highest BCUT2D eigenvalue weighted by atomic mass is 32.2. The van der Waals surface area contributed by atoms with Crippen molar-refractivity contribution in [2.75, 3.05) is 19.6 Å². The zero-order chi connectivity index (χ0) is 17.7. The fourth-order valence-corrected chi connectivity index (χ4v) is 4.11. The van der Waals surface area contributed by atoms with Gasteiger partial charge >= 0.3 is 0 Å². The molecule has 24 heavy (non-hydrogen) atoms. The second-order valence-corrected chi connectivity index (χ2v) is 8.10. The number of likely N-dealkylation sites (tertiary alicyclic amines) is 1. The number of nitrogens with one attached hydrogen (secondary N) is 1. The third-order valence-corrected chi connectivity index (χ3v) is 6.00. The fraction of sp³-hybridized carbons (Fsp3) is 0.625. The number of benzene rings is 1. The number of nitrogens with zero attached hydrogens (tertiary/aromatic N) is 2. The lowest BCUT2D eigenvalue weighted by molar-refractivity contribution is -0.385. The second-order valence-electron chi connectivity index (χ2n) is 6.34. The lowest BCUT2D eigenvalue weighted by Gasteiger charge is -2.33. The summed E-state index contributed by atoms with van der Waals surface area (Å²) >= 11 is 0. The number of rotatable bonds is 7. The lowest BCUT2D eigenvalue weighted by atomic mass is 10.0.